The molecule has 0 saturated heterocycles. The molecule has 0 aliphatic rings. The fraction of sp³-hybridized carbons (Fsp3) is 0.417. The van der Waals surface area contributed by atoms with Gasteiger partial charge in [0, 0.05) is 5.75 Å². The van der Waals surface area contributed by atoms with Crippen LogP contribution >= 0.6 is 27.7 Å². The molecule has 0 heterocycles. The minimum atomic E-state index is 0.505. The highest BCUT2D eigenvalue weighted by molar-refractivity contribution is 9.10. The van der Waals surface area contributed by atoms with E-state index in [1.54, 1.807) is 7.11 Å². The van der Waals surface area contributed by atoms with E-state index >= 15 is 0 Å². The normalized spacial score (nSPS) is 11.9. The smallest absolute Gasteiger partial charge is 0.133 e. The van der Waals surface area contributed by atoms with Crippen molar-refractivity contribution in [2.24, 2.45) is 5.92 Å². The van der Waals surface area contributed by atoms with E-state index in [2.05, 4.69) is 40.4 Å². The summed E-state index contributed by atoms with van der Waals surface area (Å²) in [5, 5.41) is 10.6. The Hall–Kier alpha value is -0.660. The van der Waals surface area contributed by atoms with Crippen LogP contribution in [-0.2, 0) is 6.42 Å². The van der Waals surface area contributed by atoms with Gasteiger partial charge in [-0.2, -0.15) is 5.26 Å². The predicted octanol–water partition coefficient (Wildman–Crippen LogP) is 3.85. The Morgan fingerprint density at radius 3 is 2.88 bits per heavy atom. The highest BCUT2D eigenvalue weighted by Gasteiger charge is 2.06. The van der Waals surface area contributed by atoms with Crippen LogP contribution < -0.4 is 4.74 Å². The number of nitrogens with zero attached hydrogens (tertiary/aromatic N) is 1. The van der Waals surface area contributed by atoms with Crippen molar-refractivity contribution in [2.45, 2.75) is 13.3 Å². The first-order valence-electron chi connectivity index (χ1n) is 5.00. The van der Waals surface area contributed by atoms with Gasteiger partial charge in [0.25, 0.3) is 0 Å². The number of ether oxygens (including phenoxy) is 1. The summed E-state index contributed by atoms with van der Waals surface area (Å²) in [7, 11) is 1.66. The van der Waals surface area contributed by atoms with Gasteiger partial charge in [0.15, 0.2) is 0 Å². The Morgan fingerprint density at radius 1 is 1.56 bits per heavy atom. The van der Waals surface area contributed by atoms with Gasteiger partial charge in [0.05, 0.1) is 11.6 Å². The summed E-state index contributed by atoms with van der Waals surface area (Å²) in [4.78, 5) is 0. The van der Waals surface area contributed by atoms with Crippen molar-refractivity contribution in [1.82, 2.24) is 0 Å². The Bertz CT molecular complexity index is 389. The molecule has 0 aliphatic carbocycles. The summed E-state index contributed by atoms with van der Waals surface area (Å²) in [5.74, 6) is 2.23. The van der Waals surface area contributed by atoms with E-state index < -0.39 is 0 Å². The maximum Gasteiger partial charge on any atom is 0.133 e. The molecule has 0 spiro atoms. The summed E-state index contributed by atoms with van der Waals surface area (Å²) < 4.78 is 6.16. The summed E-state index contributed by atoms with van der Waals surface area (Å²) >= 11 is 4.78. The number of halogens is 1. The number of thiocyanates is 1. The third-order valence-corrected chi connectivity index (χ3v) is 3.72. The van der Waals surface area contributed by atoms with Gasteiger partial charge < -0.3 is 4.74 Å². The van der Waals surface area contributed by atoms with Crippen LogP contribution in [0.3, 0.4) is 0 Å². The molecule has 1 aromatic carbocycles. The molecule has 1 atom stereocenters. The third kappa shape index (κ3) is 4.07. The Labute approximate surface area is 109 Å². The van der Waals surface area contributed by atoms with Crippen LogP contribution in [0.4, 0.5) is 0 Å². The molecular formula is C12H14BrNOS. The molecule has 86 valence electrons. The fourth-order valence-corrected chi connectivity index (χ4v) is 2.54. The third-order valence-electron chi connectivity index (χ3n) is 2.23. The van der Waals surface area contributed by atoms with Gasteiger partial charge in [-0.1, -0.05) is 13.0 Å². The highest BCUT2D eigenvalue weighted by atomic mass is 79.9. The lowest BCUT2D eigenvalue weighted by Crippen LogP contribution is -2.02. The average Bonchev–Trinajstić information content (AvgIpc) is 2.26. The van der Waals surface area contributed by atoms with Crippen molar-refractivity contribution in [3.63, 3.8) is 0 Å². The second-order valence-electron chi connectivity index (χ2n) is 3.68. The number of hydrogen-bond donors (Lipinski definition) is 0. The lowest BCUT2D eigenvalue weighted by Gasteiger charge is -2.10. The van der Waals surface area contributed by atoms with Gasteiger partial charge in [-0.05, 0) is 57.7 Å². The highest BCUT2D eigenvalue weighted by Crippen LogP contribution is 2.26. The van der Waals surface area contributed by atoms with Crippen LogP contribution in [0.5, 0.6) is 5.75 Å². The molecule has 0 fully saturated rings. The number of thioether (sulfide) groups is 1. The summed E-state index contributed by atoms with van der Waals surface area (Å²) in [6.07, 6.45) is 0.983. The fourth-order valence-electron chi connectivity index (χ4n) is 1.48. The molecule has 1 unspecified atom stereocenters. The monoisotopic (exact) mass is 299 g/mol. The summed E-state index contributed by atoms with van der Waals surface area (Å²) in [6, 6.07) is 6.10. The van der Waals surface area contributed by atoms with E-state index in [0.717, 1.165) is 22.4 Å². The van der Waals surface area contributed by atoms with E-state index in [-0.39, 0.29) is 0 Å². The number of hydrogen-bond acceptors (Lipinski definition) is 3. The minimum absolute atomic E-state index is 0.505. The van der Waals surface area contributed by atoms with Gasteiger partial charge in [0.1, 0.15) is 11.2 Å². The van der Waals surface area contributed by atoms with E-state index in [9.17, 15) is 0 Å². The molecule has 4 heteroatoms. The SMILES string of the molecule is COc1ccc(CC(C)CSC#N)cc1Br. The molecule has 0 aromatic heterocycles. The Balaban J connectivity index is 2.61. The van der Waals surface area contributed by atoms with E-state index in [1.807, 2.05) is 6.07 Å². The molecular weight excluding hydrogens is 286 g/mol. The van der Waals surface area contributed by atoms with Gasteiger partial charge in [-0.15, -0.1) is 0 Å². The first-order chi connectivity index (χ1) is 7.67. The number of rotatable bonds is 5. The van der Waals surface area contributed by atoms with E-state index in [0.29, 0.717) is 5.92 Å². The van der Waals surface area contributed by atoms with Crippen molar-refractivity contribution >= 4 is 27.7 Å². The molecule has 0 aliphatic heterocycles. The number of nitriles is 1. The zero-order valence-electron chi connectivity index (χ0n) is 9.37. The van der Waals surface area contributed by atoms with Crippen molar-refractivity contribution in [2.75, 3.05) is 12.9 Å². The molecule has 2 nitrogen and oxygen atoms in total. The van der Waals surface area contributed by atoms with Gasteiger partial charge in [-0.25, -0.2) is 0 Å². The lowest BCUT2D eigenvalue weighted by atomic mass is 10.0. The molecule has 0 bridgehead atoms. The molecule has 0 N–H and O–H groups in total. The van der Waals surface area contributed by atoms with Gasteiger partial charge in [-0.3, -0.25) is 0 Å². The molecule has 0 saturated carbocycles. The minimum Gasteiger partial charge on any atom is -0.496 e. The predicted molar refractivity (Wildman–Crippen MR) is 71.6 cm³/mol. The van der Waals surface area contributed by atoms with Crippen LogP contribution in [-0.4, -0.2) is 12.9 Å². The van der Waals surface area contributed by atoms with Crippen LogP contribution in [0, 0.1) is 16.6 Å². The van der Waals surface area contributed by atoms with Crippen molar-refractivity contribution in [3.05, 3.63) is 28.2 Å². The van der Waals surface area contributed by atoms with E-state index in [1.165, 1.54) is 17.3 Å². The first kappa shape index (κ1) is 13.4. The number of benzene rings is 1. The summed E-state index contributed by atoms with van der Waals surface area (Å²) in [5.41, 5.74) is 1.26. The standard InChI is InChI=1S/C12H14BrNOS/c1-9(7-16-8-14)5-10-3-4-12(15-2)11(13)6-10/h3-4,6,9H,5,7H2,1-2H3. The number of methoxy groups -OCH3 is 1. The first-order valence-corrected chi connectivity index (χ1v) is 6.78. The van der Waals surface area contributed by atoms with Crippen LogP contribution in [0.1, 0.15) is 12.5 Å². The average molecular weight is 300 g/mol. The van der Waals surface area contributed by atoms with Crippen molar-refractivity contribution in [3.8, 4) is 11.2 Å². The molecule has 0 amide bonds. The zero-order valence-corrected chi connectivity index (χ0v) is 11.8. The van der Waals surface area contributed by atoms with Crippen molar-refractivity contribution < 1.29 is 4.74 Å². The molecule has 0 radical (unpaired) electrons. The maximum absolute atomic E-state index is 8.48. The van der Waals surface area contributed by atoms with Gasteiger partial charge >= 0.3 is 0 Å². The largest absolute Gasteiger partial charge is 0.496 e. The topological polar surface area (TPSA) is 33.0 Å². The quantitative estimate of drug-likeness (QED) is 0.774. The second kappa shape index (κ2) is 6.82. The Kier molecular flexibility index (Phi) is 5.72. The zero-order chi connectivity index (χ0) is 12.0. The molecule has 1 rings (SSSR count). The lowest BCUT2D eigenvalue weighted by molar-refractivity contribution is 0.412. The van der Waals surface area contributed by atoms with Crippen LogP contribution in [0.25, 0.3) is 0 Å². The second-order valence-corrected chi connectivity index (χ2v) is 5.34. The van der Waals surface area contributed by atoms with Gasteiger partial charge in [0.2, 0.25) is 0 Å². The van der Waals surface area contributed by atoms with E-state index in [4.69, 9.17) is 10.00 Å². The summed E-state index contributed by atoms with van der Waals surface area (Å²) in [6.45, 7) is 2.16. The molecule has 1 aromatic rings. The van der Waals surface area contributed by atoms with Crippen molar-refractivity contribution in [1.29, 1.82) is 5.26 Å². The Morgan fingerprint density at radius 2 is 2.31 bits per heavy atom. The maximum atomic E-state index is 8.48. The van der Waals surface area contributed by atoms with Crippen LogP contribution in [0.2, 0.25) is 0 Å². The van der Waals surface area contributed by atoms with Crippen LogP contribution in [0.15, 0.2) is 22.7 Å². The molecule has 16 heavy (non-hydrogen) atoms.